The van der Waals surface area contributed by atoms with Gasteiger partial charge in [-0.15, -0.1) is 0 Å². The molecule has 0 spiro atoms. The summed E-state index contributed by atoms with van der Waals surface area (Å²) >= 11 is 0. The quantitative estimate of drug-likeness (QED) is 0.696. The molecule has 2 aliphatic rings. The van der Waals surface area contributed by atoms with Gasteiger partial charge in [-0.25, -0.2) is 0 Å². The first-order chi connectivity index (χ1) is 10.0. The average molecular weight is 319 g/mol. The van der Waals surface area contributed by atoms with Gasteiger partial charge < -0.3 is 10.1 Å². The Kier molecular flexibility index (Phi) is 5.98. The summed E-state index contributed by atoms with van der Waals surface area (Å²) in [4.78, 5) is 11.9. The second kappa shape index (κ2) is 7.53. The van der Waals surface area contributed by atoms with Gasteiger partial charge in [-0.3, -0.25) is 4.79 Å². The van der Waals surface area contributed by atoms with Gasteiger partial charge in [-0.2, -0.15) is 17.4 Å². The minimum atomic E-state index is -3.63. The van der Waals surface area contributed by atoms with E-state index in [9.17, 15) is 13.2 Å². The molecule has 2 N–H and O–H groups in total. The summed E-state index contributed by atoms with van der Waals surface area (Å²) in [6.45, 7) is 4.11. The number of carbonyl (C=O) groups is 1. The first-order valence-corrected chi connectivity index (χ1v) is 9.15. The smallest absolute Gasteiger partial charge is 0.324 e. The molecule has 2 saturated heterocycles. The van der Waals surface area contributed by atoms with Gasteiger partial charge in [0.2, 0.25) is 0 Å². The predicted octanol–water partition coefficient (Wildman–Crippen LogP) is -0.00960. The third kappa shape index (κ3) is 4.38. The van der Waals surface area contributed by atoms with Crippen molar-refractivity contribution in [2.75, 3.05) is 26.2 Å². The standard InChI is InChI=1S/C13H25N3O4S/c1-2-20-13(17)12-6-4-10-16(12)21(18,19)15-11-5-3-8-14-9-7-11/h11-12,14-15H,2-10H2,1H3. The fourth-order valence-electron chi connectivity index (χ4n) is 2.92. The van der Waals surface area contributed by atoms with Crippen molar-refractivity contribution in [3.63, 3.8) is 0 Å². The van der Waals surface area contributed by atoms with Crippen LogP contribution in [0.4, 0.5) is 0 Å². The first-order valence-electron chi connectivity index (χ1n) is 7.71. The van der Waals surface area contributed by atoms with Crippen LogP contribution in [0, 0.1) is 0 Å². The van der Waals surface area contributed by atoms with Gasteiger partial charge >= 0.3 is 5.97 Å². The molecule has 2 atom stereocenters. The molecule has 0 aromatic heterocycles. The van der Waals surface area contributed by atoms with E-state index in [1.54, 1.807) is 6.92 Å². The van der Waals surface area contributed by atoms with Crippen LogP contribution in [0.1, 0.15) is 39.0 Å². The Morgan fingerprint density at radius 2 is 2.10 bits per heavy atom. The molecule has 0 amide bonds. The zero-order valence-corrected chi connectivity index (χ0v) is 13.3. The molecule has 2 rings (SSSR count). The Hall–Kier alpha value is -0.700. The fraction of sp³-hybridized carbons (Fsp3) is 0.923. The number of nitrogens with zero attached hydrogens (tertiary/aromatic N) is 1. The normalized spacial score (nSPS) is 28.2. The zero-order valence-electron chi connectivity index (χ0n) is 12.5. The lowest BCUT2D eigenvalue weighted by atomic mass is 10.1. The van der Waals surface area contributed by atoms with Crippen molar-refractivity contribution in [1.82, 2.24) is 14.3 Å². The van der Waals surface area contributed by atoms with Crippen molar-refractivity contribution in [2.24, 2.45) is 0 Å². The highest BCUT2D eigenvalue weighted by atomic mass is 32.2. The highest BCUT2D eigenvalue weighted by Crippen LogP contribution is 2.22. The van der Waals surface area contributed by atoms with E-state index in [-0.39, 0.29) is 12.6 Å². The summed E-state index contributed by atoms with van der Waals surface area (Å²) in [5, 5.41) is 3.25. The summed E-state index contributed by atoms with van der Waals surface area (Å²) in [6.07, 6.45) is 3.78. The Bertz CT molecular complexity index is 446. The number of nitrogens with one attached hydrogen (secondary N) is 2. The average Bonchev–Trinajstić information content (AvgIpc) is 2.81. The second-order valence-electron chi connectivity index (χ2n) is 5.52. The fourth-order valence-corrected chi connectivity index (χ4v) is 4.61. The van der Waals surface area contributed by atoms with Crippen molar-refractivity contribution >= 4 is 16.2 Å². The molecule has 0 bridgehead atoms. The van der Waals surface area contributed by atoms with Crippen LogP contribution in [0.5, 0.6) is 0 Å². The molecule has 0 radical (unpaired) electrons. The summed E-state index contributed by atoms with van der Waals surface area (Å²) in [6, 6.07) is -0.736. The van der Waals surface area contributed by atoms with Gasteiger partial charge in [0, 0.05) is 12.6 Å². The number of rotatable bonds is 5. The first kappa shape index (κ1) is 16.7. The molecule has 0 saturated carbocycles. The Morgan fingerprint density at radius 3 is 2.86 bits per heavy atom. The molecule has 122 valence electrons. The molecule has 0 aromatic rings. The van der Waals surface area contributed by atoms with E-state index in [2.05, 4.69) is 10.0 Å². The molecule has 2 aliphatic heterocycles. The van der Waals surface area contributed by atoms with Gasteiger partial charge in [0.05, 0.1) is 6.61 Å². The van der Waals surface area contributed by atoms with E-state index in [4.69, 9.17) is 4.74 Å². The van der Waals surface area contributed by atoms with Crippen LogP contribution in [0.2, 0.25) is 0 Å². The third-order valence-corrected chi connectivity index (χ3v) is 5.65. The minimum Gasteiger partial charge on any atom is -0.465 e. The van der Waals surface area contributed by atoms with Gasteiger partial charge in [-0.1, -0.05) is 0 Å². The SMILES string of the molecule is CCOC(=O)C1CCCN1S(=O)(=O)NC1CCCNCC1. The van der Waals surface area contributed by atoms with Crippen LogP contribution < -0.4 is 10.0 Å². The maximum absolute atomic E-state index is 12.5. The van der Waals surface area contributed by atoms with Crippen LogP contribution in [0.25, 0.3) is 0 Å². The molecule has 2 heterocycles. The van der Waals surface area contributed by atoms with E-state index >= 15 is 0 Å². The van der Waals surface area contributed by atoms with Crippen LogP contribution in [0.3, 0.4) is 0 Å². The number of hydrogen-bond acceptors (Lipinski definition) is 5. The van der Waals surface area contributed by atoms with Crippen molar-refractivity contribution in [1.29, 1.82) is 0 Å². The topological polar surface area (TPSA) is 87.7 Å². The summed E-state index contributed by atoms with van der Waals surface area (Å²) < 4.78 is 34.0. The summed E-state index contributed by atoms with van der Waals surface area (Å²) in [7, 11) is -3.63. The number of hydrogen-bond donors (Lipinski definition) is 2. The lowest BCUT2D eigenvalue weighted by molar-refractivity contribution is -0.146. The predicted molar refractivity (Wildman–Crippen MR) is 78.9 cm³/mol. The van der Waals surface area contributed by atoms with Crippen LogP contribution >= 0.6 is 0 Å². The van der Waals surface area contributed by atoms with Gasteiger partial charge in [-0.05, 0) is 52.1 Å². The maximum atomic E-state index is 12.5. The third-order valence-electron chi connectivity index (χ3n) is 3.96. The van der Waals surface area contributed by atoms with Crippen molar-refractivity contribution < 1.29 is 17.9 Å². The molecule has 0 aliphatic carbocycles. The van der Waals surface area contributed by atoms with Gasteiger partial charge in [0.25, 0.3) is 10.2 Å². The number of carbonyl (C=O) groups excluding carboxylic acids is 1. The molecule has 2 unspecified atom stereocenters. The Labute approximate surface area is 126 Å². The highest BCUT2D eigenvalue weighted by molar-refractivity contribution is 7.87. The van der Waals surface area contributed by atoms with Gasteiger partial charge in [0.15, 0.2) is 0 Å². The summed E-state index contributed by atoms with van der Waals surface area (Å²) in [5.41, 5.74) is 0. The van der Waals surface area contributed by atoms with Crippen molar-refractivity contribution in [2.45, 2.75) is 51.1 Å². The monoisotopic (exact) mass is 319 g/mol. The molecular weight excluding hydrogens is 294 g/mol. The van der Waals surface area contributed by atoms with E-state index in [1.807, 2.05) is 0 Å². The Balaban J connectivity index is 2.01. The highest BCUT2D eigenvalue weighted by Gasteiger charge is 2.40. The molecular formula is C13H25N3O4S. The zero-order chi connectivity index (χ0) is 15.3. The number of esters is 1. The molecule has 8 heteroatoms. The lowest BCUT2D eigenvalue weighted by Gasteiger charge is -2.25. The molecule has 7 nitrogen and oxygen atoms in total. The second-order valence-corrected chi connectivity index (χ2v) is 7.18. The van der Waals surface area contributed by atoms with Crippen molar-refractivity contribution in [3.8, 4) is 0 Å². The van der Waals surface area contributed by atoms with E-state index in [1.165, 1.54) is 4.31 Å². The summed E-state index contributed by atoms with van der Waals surface area (Å²) in [5.74, 6) is -0.442. The Morgan fingerprint density at radius 1 is 1.29 bits per heavy atom. The van der Waals surface area contributed by atoms with Crippen molar-refractivity contribution in [3.05, 3.63) is 0 Å². The van der Waals surface area contributed by atoms with E-state index in [0.717, 1.165) is 32.4 Å². The largest absolute Gasteiger partial charge is 0.465 e. The maximum Gasteiger partial charge on any atom is 0.324 e. The molecule has 2 fully saturated rings. The lowest BCUT2D eigenvalue weighted by Crippen LogP contribution is -2.50. The molecule has 0 aromatic carbocycles. The van der Waals surface area contributed by atoms with Crippen LogP contribution in [-0.4, -0.2) is 57.0 Å². The van der Waals surface area contributed by atoms with Gasteiger partial charge in [0.1, 0.15) is 6.04 Å². The molecule has 21 heavy (non-hydrogen) atoms. The van der Waals surface area contributed by atoms with Crippen LogP contribution in [-0.2, 0) is 19.7 Å². The van der Waals surface area contributed by atoms with E-state index in [0.29, 0.717) is 19.4 Å². The minimum absolute atomic E-state index is 0.0616. The number of ether oxygens (including phenoxy) is 1. The van der Waals surface area contributed by atoms with E-state index < -0.39 is 22.2 Å². The van der Waals surface area contributed by atoms with Crippen LogP contribution in [0.15, 0.2) is 0 Å².